The minimum absolute atomic E-state index is 0.0600. The standard InChI is InChI=1S/C19H28N2O3/c1-11(2)13-9-14(12(3)15(22)10-13)17-20-18(24-21-17)19-6-4-5-16(19)23-8-7-19/h12-16,22H,1,4-10H2,2-3H3/t12?,13-,14?,15?,16-,19+/m1/s1. The average Bonchev–Trinajstić information content (AvgIpc) is 3.22. The van der Waals surface area contributed by atoms with Crippen molar-refractivity contribution in [3.63, 3.8) is 0 Å². The Morgan fingerprint density at radius 1 is 1.33 bits per heavy atom. The fraction of sp³-hybridized carbons (Fsp3) is 0.789. The van der Waals surface area contributed by atoms with E-state index in [0.29, 0.717) is 5.92 Å². The predicted molar refractivity (Wildman–Crippen MR) is 89.6 cm³/mol. The monoisotopic (exact) mass is 332 g/mol. The smallest absolute Gasteiger partial charge is 0.235 e. The van der Waals surface area contributed by atoms with Gasteiger partial charge in [-0.05, 0) is 57.3 Å². The lowest BCUT2D eigenvalue weighted by molar-refractivity contribution is 0.0444. The van der Waals surface area contributed by atoms with Crippen LogP contribution in [0.3, 0.4) is 0 Å². The molecule has 2 heterocycles. The van der Waals surface area contributed by atoms with Gasteiger partial charge in [0.05, 0.1) is 17.6 Å². The fourth-order valence-corrected chi connectivity index (χ4v) is 5.03. The summed E-state index contributed by atoms with van der Waals surface area (Å²) >= 11 is 0. The van der Waals surface area contributed by atoms with Gasteiger partial charge in [0.15, 0.2) is 5.82 Å². The fourth-order valence-electron chi connectivity index (χ4n) is 5.03. The molecule has 4 rings (SSSR count). The van der Waals surface area contributed by atoms with Crippen LogP contribution >= 0.6 is 0 Å². The number of aromatic nitrogens is 2. The summed E-state index contributed by atoms with van der Waals surface area (Å²) in [7, 11) is 0. The van der Waals surface area contributed by atoms with E-state index >= 15 is 0 Å². The molecule has 0 bridgehead atoms. The van der Waals surface area contributed by atoms with E-state index in [1.807, 2.05) is 6.92 Å². The van der Waals surface area contributed by atoms with Gasteiger partial charge in [-0.15, -0.1) is 0 Å². The maximum absolute atomic E-state index is 10.4. The zero-order chi connectivity index (χ0) is 16.9. The Labute approximate surface area is 143 Å². The summed E-state index contributed by atoms with van der Waals surface area (Å²) in [6.07, 6.45) is 5.96. The molecule has 1 aromatic heterocycles. The van der Waals surface area contributed by atoms with Crippen molar-refractivity contribution in [1.29, 1.82) is 0 Å². The molecule has 0 radical (unpaired) electrons. The lowest BCUT2D eigenvalue weighted by Crippen LogP contribution is -2.34. The highest BCUT2D eigenvalue weighted by Crippen LogP contribution is 2.49. The minimum atomic E-state index is -0.334. The number of hydrogen-bond acceptors (Lipinski definition) is 5. The summed E-state index contributed by atoms with van der Waals surface area (Å²) < 4.78 is 11.6. The van der Waals surface area contributed by atoms with Crippen molar-refractivity contribution in [1.82, 2.24) is 10.1 Å². The summed E-state index contributed by atoms with van der Waals surface area (Å²) in [5, 5.41) is 14.8. The van der Waals surface area contributed by atoms with E-state index in [4.69, 9.17) is 14.2 Å². The van der Waals surface area contributed by atoms with Crippen LogP contribution in [0.25, 0.3) is 0 Å². The molecule has 24 heavy (non-hydrogen) atoms. The maximum atomic E-state index is 10.4. The van der Waals surface area contributed by atoms with Crippen molar-refractivity contribution in [2.24, 2.45) is 11.8 Å². The van der Waals surface area contributed by atoms with E-state index in [9.17, 15) is 5.11 Å². The zero-order valence-corrected chi connectivity index (χ0v) is 14.7. The number of hydrogen-bond donors (Lipinski definition) is 1. The summed E-state index contributed by atoms with van der Waals surface area (Å²) in [5.74, 6) is 2.12. The van der Waals surface area contributed by atoms with E-state index in [2.05, 4.69) is 18.7 Å². The predicted octanol–water partition coefficient (Wildman–Crippen LogP) is 3.35. The number of nitrogens with zero attached hydrogens (tertiary/aromatic N) is 2. The highest BCUT2D eigenvalue weighted by Gasteiger charge is 2.53. The highest BCUT2D eigenvalue weighted by atomic mass is 16.5. The molecule has 1 aliphatic heterocycles. The first-order valence-electron chi connectivity index (χ1n) is 9.30. The normalized spacial score (nSPS) is 42.2. The van der Waals surface area contributed by atoms with Gasteiger partial charge in [0, 0.05) is 12.5 Å². The Kier molecular flexibility index (Phi) is 4.04. The summed E-state index contributed by atoms with van der Waals surface area (Å²) in [4.78, 5) is 4.83. The van der Waals surface area contributed by atoms with Crippen molar-refractivity contribution in [2.45, 2.75) is 75.9 Å². The average molecular weight is 332 g/mol. The van der Waals surface area contributed by atoms with Crippen LogP contribution in [-0.4, -0.2) is 34.1 Å². The van der Waals surface area contributed by atoms with Gasteiger partial charge < -0.3 is 14.4 Å². The van der Waals surface area contributed by atoms with Crippen LogP contribution < -0.4 is 0 Å². The quantitative estimate of drug-likeness (QED) is 0.860. The highest BCUT2D eigenvalue weighted by molar-refractivity contribution is 5.17. The van der Waals surface area contributed by atoms with Gasteiger partial charge in [-0.1, -0.05) is 24.2 Å². The van der Waals surface area contributed by atoms with E-state index < -0.39 is 0 Å². The molecule has 1 saturated heterocycles. The molecule has 0 spiro atoms. The molecule has 5 nitrogen and oxygen atoms in total. The lowest BCUT2D eigenvalue weighted by Gasteiger charge is -2.36. The van der Waals surface area contributed by atoms with Crippen LogP contribution in [0, 0.1) is 11.8 Å². The van der Waals surface area contributed by atoms with Crippen molar-refractivity contribution >= 4 is 0 Å². The van der Waals surface area contributed by atoms with Crippen LogP contribution in [-0.2, 0) is 10.2 Å². The van der Waals surface area contributed by atoms with Gasteiger partial charge >= 0.3 is 0 Å². The first-order valence-corrected chi connectivity index (χ1v) is 9.30. The van der Waals surface area contributed by atoms with Crippen molar-refractivity contribution in [2.75, 3.05) is 6.61 Å². The topological polar surface area (TPSA) is 68.4 Å². The van der Waals surface area contributed by atoms with Gasteiger partial charge in [0.2, 0.25) is 5.89 Å². The molecule has 3 unspecified atom stereocenters. The summed E-state index contributed by atoms with van der Waals surface area (Å²) in [6, 6.07) is 0. The number of rotatable bonds is 3. The third-order valence-electron chi connectivity index (χ3n) is 6.78. The van der Waals surface area contributed by atoms with Gasteiger partial charge in [-0.3, -0.25) is 0 Å². The second-order valence-corrected chi connectivity index (χ2v) is 8.16. The van der Waals surface area contributed by atoms with E-state index in [1.54, 1.807) is 0 Å². The van der Waals surface area contributed by atoms with Crippen LogP contribution in [0.5, 0.6) is 0 Å². The minimum Gasteiger partial charge on any atom is -0.393 e. The van der Waals surface area contributed by atoms with Crippen molar-refractivity contribution < 1.29 is 14.4 Å². The summed E-state index contributed by atoms with van der Waals surface area (Å²) in [6.45, 7) is 9.01. The molecule has 2 saturated carbocycles. The number of aliphatic hydroxyl groups excluding tert-OH is 1. The Hall–Kier alpha value is -1.20. The van der Waals surface area contributed by atoms with Crippen LogP contribution in [0.4, 0.5) is 0 Å². The number of aliphatic hydroxyl groups is 1. The first-order chi connectivity index (χ1) is 11.5. The second-order valence-electron chi connectivity index (χ2n) is 8.16. The molecular formula is C19H28N2O3. The van der Waals surface area contributed by atoms with E-state index in [0.717, 1.165) is 56.0 Å². The van der Waals surface area contributed by atoms with Gasteiger partial charge in [0.1, 0.15) is 0 Å². The van der Waals surface area contributed by atoms with Crippen LogP contribution in [0.2, 0.25) is 0 Å². The third-order valence-corrected chi connectivity index (χ3v) is 6.78. The van der Waals surface area contributed by atoms with Crippen molar-refractivity contribution in [3.8, 4) is 0 Å². The van der Waals surface area contributed by atoms with Gasteiger partial charge in [-0.25, -0.2) is 0 Å². The Morgan fingerprint density at radius 2 is 2.17 bits per heavy atom. The number of fused-ring (bicyclic) bond motifs is 1. The Bertz CT molecular complexity index is 616. The van der Waals surface area contributed by atoms with Crippen LogP contribution in [0.15, 0.2) is 16.7 Å². The Balaban J connectivity index is 1.61. The lowest BCUT2D eigenvalue weighted by atomic mass is 9.71. The molecular weight excluding hydrogens is 304 g/mol. The molecule has 6 atom stereocenters. The summed E-state index contributed by atoms with van der Waals surface area (Å²) in [5.41, 5.74) is 1.07. The van der Waals surface area contributed by atoms with E-state index in [1.165, 1.54) is 6.42 Å². The molecule has 0 amide bonds. The molecule has 0 aromatic carbocycles. The maximum Gasteiger partial charge on any atom is 0.235 e. The van der Waals surface area contributed by atoms with Gasteiger partial charge in [0.25, 0.3) is 0 Å². The number of ether oxygens (including phenoxy) is 1. The molecule has 2 aliphatic carbocycles. The van der Waals surface area contributed by atoms with Crippen LogP contribution in [0.1, 0.15) is 70.0 Å². The van der Waals surface area contributed by atoms with Gasteiger partial charge in [-0.2, -0.15) is 4.98 Å². The first kappa shape index (κ1) is 16.3. The SMILES string of the molecule is C=C(C)[C@H]1CC(O)C(C)C(c2noc([C@]34CCC[C@H]3OCC4)n2)C1. The molecule has 132 valence electrons. The third kappa shape index (κ3) is 2.44. The molecule has 5 heteroatoms. The molecule has 1 aromatic rings. The molecule has 1 N–H and O–H groups in total. The molecule has 3 fully saturated rings. The second kappa shape index (κ2) is 5.95. The number of allylic oxidation sites excluding steroid dienone is 1. The van der Waals surface area contributed by atoms with Crippen molar-refractivity contribution in [3.05, 3.63) is 23.9 Å². The Morgan fingerprint density at radius 3 is 2.96 bits per heavy atom. The molecule has 3 aliphatic rings. The largest absolute Gasteiger partial charge is 0.393 e. The van der Waals surface area contributed by atoms with E-state index in [-0.39, 0.29) is 29.5 Å². The zero-order valence-electron chi connectivity index (χ0n) is 14.7.